The zero-order valence-corrected chi connectivity index (χ0v) is 7.39. The van der Waals surface area contributed by atoms with Crippen LogP contribution in [0.3, 0.4) is 0 Å². The second-order valence-electron chi connectivity index (χ2n) is 1.74. The lowest BCUT2D eigenvalue weighted by Gasteiger charge is -1.87. The third-order valence-corrected chi connectivity index (χ3v) is 1.95. The highest BCUT2D eigenvalue weighted by Crippen LogP contribution is 2.11. The number of nitrogens with zero attached hydrogens (tertiary/aromatic N) is 2. The molecule has 0 atom stereocenters. The number of rotatable bonds is 2. The van der Waals surface area contributed by atoms with E-state index in [0.29, 0.717) is 10.2 Å². The molecule has 0 saturated heterocycles. The summed E-state index contributed by atoms with van der Waals surface area (Å²) in [6.07, 6.45) is 1.36. The standard InChI is InChI=1S/C5H5ClN4OS/c6-3-2-12-4(9-3)1-8-10-5(7)11/h1-2H,(H3,7,10,11)/b8-1+. The average Bonchev–Trinajstić information content (AvgIpc) is 2.35. The molecule has 0 spiro atoms. The Morgan fingerprint density at radius 1 is 1.92 bits per heavy atom. The smallest absolute Gasteiger partial charge is 0.332 e. The van der Waals surface area contributed by atoms with Gasteiger partial charge in [-0.3, -0.25) is 0 Å². The fraction of sp³-hybridized carbons (Fsp3) is 0. The second kappa shape index (κ2) is 4.03. The zero-order valence-electron chi connectivity index (χ0n) is 5.82. The lowest BCUT2D eigenvalue weighted by molar-refractivity contribution is 0.249. The summed E-state index contributed by atoms with van der Waals surface area (Å²) in [6.45, 7) is 0. The molecule has 1 heterocycles. The number of hydrazone groups is 1. The minimum absolute atomic E-state index is 0.403. The Morgan fingerprint density at radius 3 is 3.17 bits per heavy atom. The highest BCUT2D eigenvalue weighted by molar-refractivity contribution is 7.11. The van der Waals surface area contributed by atoms with Crippen molar-refractivity contribution in [2.45, 2.75) is 0 Å². The van der Waals surface area contributed by atoms with E-state index in [1.807, 2.05) is 5.43 Å². The summed E-state index contributed by atoms with van der Waals surface area (Å²) in [6, 6.07) is -0.714. The van der Waals surface area contributed by atoms with E-state index < -0.39 is 6.03 Å². The molecule has 1 rings (SSSR count). The zero-order chi connectivity index (χ0) is 8.97. The van der Waals surface area contributed by atoms with Crippen molar-refractivity contribution in [2.75, 3.05) is 0 Å². The lowest BCUT2D eigenvalue weighted by Crippen LogP contribution is -2.24. The van der Waals surface area contributed by atoms with Gasteiger partial charge in [-0.2, -0.15) is 5.10 Å². The number of amides is 2. The molecule has 0 fully saturated rings. The highest BCUT2D eigenvalue weighted by Gasteiger charge is 1.94. The van der Waals surface area contributed by atoms with Crippen molar-refractivity contribution in [2.24, 2.45) is 10.8 Å². The van der Waals surface area contributed by atoms with Crippen LogP contribution >= 0.6 is 22.9 Å². The van der Waals surface area contributed by atoms with Crippen LogP contribution in [0.5, 0.6) is 0 Å². The Hall–Kier alpha value is -1.14. The molecule has 0 aliphatic carbocycles. The third kappa shape index (κ3) is 2.85. The van der Waals surface area contributed by atoms with Crippen LogP contribution in [0.15, 0.2) is 10.5 Å². The highest BCUT2D eigenvalue weighted by atomic mass is 35.5. The largest absolute Gasteiger partial charge is 0.350 e. The van der Waals surface area contributed by atoms with Crippen LogP contribution in [0, 0.1) is 0 Å². The molecule has 0 saturated carbocycles. The van der Waals surface area contributed by atoms with Gasteiger partial charge in [0.05, 0.1) is 6.21 Å². The van der Waals surface area contributed by atoms with Gasteiger partial charge >= 0.3 is 6.03 Å². The molecular formula is C5H5ClN4OS. The molecule has 0 aliphatic heterocycles. The molecule has 2 amide bonds. The Bertz CT molecular complexity index is 310. The summed E-state index contributed by atoms with van der Waals surface area (Å²) >= 11 is 6.84. The van der Waals surface area contributed by atoms with Gasteiger partial charge in [-0.15, -0.1) is 11.3 Å². The maximum absolute atomic E-state index is 10.1. The van der Waals surface area contributed by atoms with E-state index in [1.165, 1.54) is 17.6 Å². The summed E-state index contributed by atoms with van der Waals surface area (Å²) in [4.78, 5) is 14.0. The van der Waals surface area contributed by atoms with Crippen LogP contribution in [-0.2, 0) is 0 Å². The molecule has 1 aromatic heterocycles. The van der Waals surface area contributed by atoms with Gasteiger partial charge < -0.3 is 5.73 Å². The molecule has 1 aromatic rings. The first-order chi connectivity index (χ1) is 5.68. The summed E-state index contributed by atoms with van der Waals surface area (Å²) in [5, 5.41) is 6.16. The molecule has 3 N–H and O–H groups in total. The quantitative estimate of drug-likeness (QED) is 0.552. The van der Waals surface area contributed by atoms with Crippen molar-refractivity contribution in [3.05, 3.63) is 15.5 Å². The molecule has 0 radical (unpaired) electrons. The average molecular weight is 205 g/mol. The Morgan fingerprint density at radius 2 is 2.67 bits per heavy atom. The fourth-order valence-corrected chi connectivity index (χ4v) is 1.29. The number of aromatic nitrogens is 1. The van der Waals surface area contributed by atoms with Gasteiger partial charge in [-0.25, -0.2) is 15.2 Å². The maximum Gasteiger partial charge on any atom is 0.332 e. The first kappa shape index (κ1) is 8.95. The summed E-state index contributed by atoms with van der Waals surface area (Å²) in [5.41, 5.74) is 6.79. The van der Waals surface area contributed by atoms with Crippen LogP contribution in [0.1, 0.15) is 5.01 Å². The summed E-state index contributed by atoms with van der Waals surface area (Å²) in [5.74, 6) is 0. The molecule has 5 nitrogen and oxygen atoms in total. The van der Waals surface area contributed by atoms with Crippen LogP contribution in [-0.4, -0.2) is 17.2 Å². The van der Waals surface area contributed by atoms with Gasteiger partial charge in [0.15, 0.2) is 0 Å². The number of carbonyl (C=O) groups excluding carboxylic acids is 1. The van der Waals surface area contributed by atoms with E-state index >= 15 is 0 Å². The van der Waals surface area contributed by atoms with Gasteiger partial charge in [0, 0.05) is 5.38 Å². The number of urea groups is 1. The molecule has 7 heteroatoms. The van der Waals surface area contributed by atoms with Crippen molar-refractivity contribution < 1.29 is 4.79 Å². The maximum atomic E-state index is 10.1. The summed E-state index contributed by atoms with van der Waals surface area (Å²) in [7, 11) is 0. The number of hydrogen-bond acceptors (Lipinski definition) is 4. The minimum atomic E-state index is -0.714. The number of halogens is 1. The third-order valence-electron chi connectivity index (χ3n) is 0.844. The second-order valence-corrected chi connectivity index (χ2v) is 3.02. The first-order valence-electron chi connectivity index (χ1n) is 2.88. The van der Waals surface area contributed by atoms with Gasteiger partial charge in [0.2, 0.25) is 0 Å². The van der Waals surface area contributed by atoms with Crippen molar-refractivity contribution in [3.63, 3.8) is 0 Å². The van der Waals surface area contributed by atoms with Gasteiger partial charge in [-0.1, -0.05) is 11.6 Å². The van der Waals surface area contributed by atoms with Gasteiger partial charge in [-0.05, 0) is 0 Å². The fourth-order valence-electron chi connectivity index (χ4n) is 0.477. The van der Waals surface area contributed by atoms with E-state index in [4.69, 9.17) is 17.3 Å². The number of nitrogens with two attached hydrogens (primary N) is 1. The van der Waals surface area contributed by atoms with Gasteiger partial charge in [0.25, 0.3) is 0 Å². The predicted octanol–water partition coefficient (Wildman–Crippen LogP) is 0.799. The van der Waals surface area contributed by atoms with Crippen molar-refractivity contribution >= 4 is 35.2 Å². The van der Waals surface area contributed by atoms with Crippen molar-refractivity contribution in [1.82, 2.24) is 10.4 Å². The first-order valence-corrected chi connectivity index (χ1v) is 4.14. The van der Waals surface area contributed by atoms with Gasteiger partial charge in [0.1, 0.15) is 10.2 Å². The number of carbonyl (C=O) groups is 1. The molecular weight excluding hydrogens is 200 g/mol. The van der Waals surface area contributed by atoms with E-state index in [-0.39, 0.29) is 0 Å². The summed E-state index contributed by atoms with van der Waals surface area (Å²) < 4.78 is 0. The predicted molar refractivity (Wildman–Crippen MR) is 47.4 cm³/mol. The van der Waals surface area contributed by atoms with Crippen LogP contribution < -0.4 is 11.2 Å². The topological polar surface area (TPSA) is 80.4 Å². The van der Waals surface area contributed by atoms with Crippen LogP contribution in [0.2, 0.25) is 5.15 Å². The number of thiazole rings is 1. The lowest BCUT2D eigenvalue weighted by atomic mass is 10.8. The molecule has 0 aromatic carbocycles. The van der Waals surface area contributed by atoms with E-state index in [0.717, 1.165) is 0 Å². The molecule has 64 valence electrons. The van der Waals surface area contributed by atoms with Crippen molar-refractivity contribution in [3.8, 4) is 0 Å². The van der Waals surface area contributed by atoms with E-state index in [1.54, 1.807) is 5.38 Å². The Balaban J connectivity index is 2.52. The van der Waals surface area contributed by atoms with E-state index in [9.17, 15) is 4.79 Å². The van der Waals surface area contributed by atoms with Crippen LogP contribution in [0.25, 0.3) is 0 Å². The molecule has 0 aliphatic rings. The van der Waals surface area contributed by atoms with Crippen LogP contribution in [0.4, 0.5) is 4.79 Å². The molecule has 12 heavy (non-hydrogen) atoms. The van der Waals surface area contributed by atoms with E-state index in [2.05, 4.69) is 10.1 Å². The Kier molecular flexibility index (Phi) is 3.01. The number of hydrogen-bond donors (Lipinski definition) is 2. The monoisotopic (exact) mass is 204 g/mol. The normalized spacial score (nSPS) is 10.4. The van der Waals surface area contributed by atoms with Crippen molar-refractivity contribution in [1.29, 1.82) is 0 Å². The Labute approximate surface area is 77.2 Å². The molecule has 0 unspecified atom stereocenters. The number of primary amides is 1. The minimum Gasteiger partial charge on any atom is -0.350 e. The molecule has 0 bridgehead atoms. The SMILES string of the molecule is NC(=O)N/N=C/c1nc(Cl)cs1. The number of nitrogens with one attached hydrogen (secondary N) is 1.